The second-order valence-corrected chi connectivity index (χ2v) is 14.5. The molecular formula is C49H33N3S. The molecule has 10 aromatic rings. The standard InChI is InChI=1S/C49H33N3S/c1-3-15-37-41-26-33(39-27-34-28-42-38-22-13-14-23-47(38)53-48(42)29-40(34)36-21-12-11-20-35(36)39)24-25-46(41)52(45(37)4-2)49-50-43(31-16-7-5-8-17-31)30-44(51-49)32-18-9-6-10-19-32/h3-30H,2H2,1H3/b15-3-. The Morgan fingerprint density at radius 2 is 1.21 bits per heavy atom. The van der Waals surface area contributed by atoms with Crippen molar-refractivity contribution >= 4 is 76.1 Å². The normalized spacial score (nSPS) is 11.9. The van der Waals surface area contributed by atoms with Crippen LogP contribution >= 0.6 is 11.3 Å². The molecule has 0 saturated carbocycles. The largest absolute Gasteiger partial charge is 0.278 e. The molecule has 0 atom stereocenters. The molecule has 250 valence electrons. The second-order valence-electron chi connectivity index (χ2n) is 13.4. The van der Waals surface area contributed by atoms with Crippen LogP contribution < -0.4 is 0 Å². The fourth-order valence-corrected chi connectivity index (χ4v) is 9.00. The van der Waals surface area contributed by atoms with Crippen LogP contribution in [0.5, 0.6) is 0 Å². The topological polar surface area (TPSA) is 30.7 Å². The predicted octanol–water partition coefficient (Wildman–Crippen LogP) is 13.8. The van der Waals surface area contributed by atoms with Crippen LogP contribution in [0.15, 0.2) is 164 Å². The molecular weight excluding hydrogens is 663 g/mol. The molecule has 4 heteroatoms. The molecule has 3 aromatic heterocycles. The lowest BCUT2D eigenvalue weighted by Crippen LogP contribution is -2.05. The highest BCUT2D eigenvalue weighted by Gasteiger charge is 2.20. The molecule has 0 unspecified atom stereocenters. The van der Waals surface area contributed by atoms with E-state index in [0.717, 1.165) is 50.2 Å². The third-order valence-corrected chi connectivity index (χ3v) is 11.4. The van der Waals surface area contributed by atoms with Gasteiger partial charge in [0.1, 0.15) is 0 Å². The van der Waals surface area contributed by atoms with Crippen molar-refractivity contribution in [2.75, 3.05) is 0 Å². The lowest BCUT2D eigenvalue weighted by atomic mass is 9.92. The van der Waals surface area contributed by atoms with Gasteiger partial charge in [0.2, 0.25) is 5.95 Å². The van der Waals surface area contributed by atoms with E-state index in [1.165, 1.54) is 47.3 Å². The van der Waals surface area contributed by atoms with Gasteiger partial charge in [0.05, 0.1) is 22.6 Å². The van der Waals surface area contributed by atoms with E-state index in [9.17, 15) is 0 Å². The number of allylic oxidation sites excluding steroid dienone is 1. The fourth-order valence-electron chi connectivity index (χ4n) is 7.87. The lowest BCUT2D eigenvalue weighted by molar-refractivity contribution is 0.958. The van der Waals surface area contributed by atoms with Crippen molar-refractivity contribution in [3.63, 3.8) is 0 Å². The van der Waals surface area contributed by atoms with E-state index in [1.54, 1.807) is 0 Å². The van der Waals surface area contributed by atoms with Gasteiger partial charge < -0.3 is 0 Å². The summed E-state index contributed by atoms with van der Waals surface area (Å²) in [4.78, 5) is 10.4. The minimum Gasteiger partial charge on any atom is -0.278 e. The predicted molar refractivity (Wildman–Crippen MR) is 228 cm³/mol. The van der Waals surface area contributed by atoms with E-state index < -0.39 is 0 Å². The van der Waals surface area contributed by atoms with Crippen molar-refractivity contribution in [1.29, 1.82) is 0 Å². The van der Waals surface area contributed by atoms with Gasteiger partial charge in [-0.05, 0) is 88.1 Å². The smallest absolute Gasteiger partial charge is 0.235 e. The number of fused-ring (bicyclic) bond motifs is 7. The third-order valence-electron chi connectivity index (χ3n) is 10.3. The van der Waals surface area contributed by atoms with Crippen LogP contribution in [0, 0.1) is 0 Å². The Bertz CT molecular complexity index is 3020. The molecule has 53 heavy (non-hydrogen) atoms. The van der Waals surface area contributed by atoms with Crippen molar-refractivity contribution in [2.24, 2.45) is 0 Å². The first kappa shape index (κ1) is 31.1. The summed E-state index contributed by atoms with van der Waals surface area (Å²) in [5, 5.41) is 8.77. The Morgan fingerprint density at radius 3 is 1.91 bits per heavy atom. The average molecular weight is 696 g/mol. The van der Waals surface area contributed by atoms with Crippen LogP contribution in [-0.2, 0) is 0 Å². The van der Waals surface area contributed by atoms with E-state index in [4.69, 9.17) is 9.97 Å². The number of hydrogen-bond donors (Lipinski definition) is 0. The number of aromatic nitrogens is 3. The maximum atomic E-state index is 5.21. The van der Waals surface area contributed by atoms with Crippen LogP contribution in [0.2, 0.25) is 0 Å². The minimum absolute atomic E-state index is 0.608. The summed E-state index contributed by atoms with van der Waals surface area (Å²) >= 11 is 1.87. The van der Waals surface area contributed by atoms with Crippen molar-refractivity contribution in [3.8, 4) is 39.6 Å². The first-order valence-corrected chi connectivity index (χ1v) is 18.7. The van der Waals surface area contributed by atoms with Crippen LogP contribution in [0.1, 0.15) is 18.2 Å². The molecule has 0 aliphatic rings. The zero-order valence-electron chi connectivity index (χ0n) is 29.1. The Labute approximate surface area is 311 Å². The Balaban J connectivity index is 1.22. The highest BCUT2D eigenvalue weighted by Crippen LogP contribution is 2.42. The van der Waals surface area contributed by atoms with Crippen molar-refractivity contribution in [2.45, 2.75) is 6.92 Å². The average Bonchev–Trinajstić information content (AvgIpc) is 3.74. The maximum Gasteiger partial charge on any atom is 0.235 e. The van der Waals surface area contributed by atoms with Crippen LogP contribution in [0.4, 0.5) is 0 Å². The van der Waals surface area contributed by atoms with Crippen LogP contribution in [-0.4, -0.2) is 14.5 Å². The molecule has 0 bridgehead atoms. The highest BCUT2D eigenvalue weighted by molar-refractivity contribution is 7.25. The summed E-state index contributed by atoms with van der Waals surface area (Å²) in [6, 6.07) is 54.2. The molecule has 0 N–H and O–H groups in total. The SMILES string of the molecule is C=Cc1c(/C=C\C)c2cc(-c3cc4cc5c(cc4c4ccccc34)sc3ccccc35)ccc2n1-c1nc(-c2ccccc2)cc(-c2ccccc2)n1. The summed E-state index contributed by atoms with van der Waals surface area (Å²) in [7, 11) is 0. The monoisotopic (exact) mass is 695 g/mol. The van der Waals surface area contributed by atoms with Gasteiger partial charge in [-0.2, -0.15) is 0 Å². The molecule has 3 heterocycles. The molecule has 0 fully saturated rings. The second kappa shape index (κ2) is 12.6. The van der Waals surface area contributed by atoms with Crippen molar-refractivity contribution < 1.29 is 0 Å². The van der Waals surface area contributed by atoms with Gasteiger partial charge in [-0.1, -0.05) is 128 Å². The van der Waals surface area contributed by atoms with Gasteiger partial charge in [0.25, 0.3) is 0 Å². The molecule has 0 amide bonds. The maximum absolute atomic E-state index is 5.21. The van der Waals surface area contributed by atoms with Crippen LogP contribution in [0.25, 0.3) is 104 Å². The van der Waals surface area contributed by atoms with Gasteiger partial charge in [-0.3, -0.25) is 4.57 Å². The summed E-state index contributed by atoms with van der Waals surface area (Å²) in [5.74, 6) is 0.608. The van der Waals surface area contributed by atoms with Gasteiger partial charge in [0, 0.05) is 42.2 Å². The first-order chi connectivity index (χ1) is 26.2. The van der Waals surface area contributed by atoms with E-state index in [0.29, 0.717) is 5.95 Å². The number of nitrogens with zero attached hydrogens (tertiary/aromatic N) is 3. The van der Waals surface area contributed by atoms with Crippen LogP contribution in [0.3, 0.4) is 0 Å². The Hall–Kier alpha value is -6.62. The van der Waals surface area contributed by atoms with Gasteiger partial charge >= 0.3 is 0 Å². The van der Waals surface area contributed by atoms with Crippen molar-refractivity contribution in [3.05, 3.63) is 176 Å². The highest BCUT2D eigenvalue weighted by atomic mass is 32.1. The Kier molecular flexibility index (Phi) is 7.38. The molecule has 0 radical (unpaired) electrons. The molecule has 0 saturated heterocycles. The minimum atomic E-state index is 0.608. The number of benzene rings is 7. The van der Waals surface area contributed by atoms with Gasteiger partial charge in [-0.15, -0.1) is 11.3 Å². The zero-order chi connectivity index (χ0) is 35.5. The Morgan fingerprint density at radius 1 is 0.547 bits per heavy atom. The molecule has 10 rings (SSSR count). The molecule has 3 nitrogen and oxygen atoms in total. The first-order valence-electron chi connectivity index (χ1n) is 17.9. The molecule has 0 spiro atoms. The number of thiophene rings is 1. The van der Waals surface area contributed by atoms with E-state index >= 15 is 0 Å². The van der Waals surface area contributed by atoms with Crippen molar-refractivity contribution in [1.82, 2.24) is 14.5 Å². The van der Waals surface area contributed by atoms with Gasteiger partial charge in [-0.25, -0.2) is 9.97 Å². The van der Waals surface area contributed by atoms with E-state index in [2.05, 4.69) is 145 Å². The lowest BCUT2D eigenvalue weighted by Gasteiger charge is -2.13. The number of rotatable bonds is 6. The van der Waals surface area contributed by atoms with E-state index in [-0.39, 0.29) is 0 Å². The zero-order valence-corrected chi connectivity index (χ0v) is 29.9. The van der Waals surface area contributed by atoms with Gasteiger partial charge in [0.15, 0.2) is 0 Å². The summed E-state index contributed by atoms with van der Waals surface area (Å²) in [6.45, 7) is 6.37. The number of hydrogen-bond acceptors (Lipinski definition) is 3. The summed E-state index contributed by atoms with van der Waals surface area (Å²) in [5.41, 5.74) is 9.25. The molecule has 0 aliphatic carbocycles. The molecule has 7 aromatic carbocycles. The summed E-state index contributed by atoms with van der Waals surface area (Å²) < 4.78 is 4.80. The fraction of sp³-hybridized carbons (Fsp3) is 0.0204. The molecule has 0 aliphatic heterocycles. The quantitative estimate of drug-likeness (QED) is 0.162. The van der Waals surface area contributed by atoms with E-state index in [1.807, 2.05) is 53.8 Å². The third kappa shape index (κ3) is 5.10. The summed E-state index contributed by atoms with van der Waals surface area (Å²) in [6.07, 6.45) is 6.20.